The number of carboxylic acid groups (broad SMARTS) is 1. The van der Waals surface area contributed by atoms with Crippen LogP contribution in [0, 0.1) is 0 Å². The predicted octanol–water partition coefficient (Wildman–Crippen LogP) is -2.95. The number of thioether (sulfide) groups is 1. The highest BCUT2D eigenvalue weighted by Crippen LogP contribution is 2.07. The van der Waals surface area contributed by atoms with Crippen molar-refractivity contribution in [2.24, 2.45) is 33.7 Å². The molecule has 4 atom stereocenters. The lowest BCUT2D eigenvalue weighted by molar-refractivity contribution is -0.142. The molecule has 0 spiro atoms. The van der Waals surface area contributed by atoms with E-state index in [2.05, 4.69) is 20.9 Å². The molecule has 4 unspecified atom stereocenters. The number of hydrogen-bond donors (Lipinski definition) is 9. The Hall–Kier alpha value is -3.11. The Balaban J connectivity index is 5.62. The molecule has 0 aromatic rings. The maximum atomic E-state index is 13.2. The molecule has 0 aliphatic rings. The Morgan fingerprint density at radius 3 is 1.89 bits per heavy atom. The molecule has 16 heteroatoms. The molecule has 4 amide bonds. The van der Waals surface area contributed by atoms with Crippen molar-refractivity contribution in [1.82, 2.24) is 16.0 Å². The number of carboxylic acids is 1. The monoisotopic (exact) mass is 561 g/mol. The fourth-order valence-electron chi connectivity index (χ4n) is 3.28. The van der Waals surface area contributed by atoms with E-state index in [-0.39, 0.29) is 38.2 Å². The van der Waals surface area contributed by atoms with Gasteiger partial charge in [0.1, 0.15) is 18.1 Å². The Labute approximate surface area is 226 Å². The molecule has 0 rings (SSSR count). The summed E-state index contributed by atoms with van der Waals surface area (Å²) in [5, 5.41) is 17.0. The van der Waals surface area contributed by atoms with Gasteiger partial charge in [-0.3, -0.25) is 24.2 Å². The summed E-state index contributed by atoms with van der Waals surface area (Å²) in [7, 11) is 0. The number of amides is 4. The fraction of sp³-hybridized carbons (Fsp3) is 0.727. The highest BCUT2D eigenvalue weighted by Gasteiger charge is 2.30. The number of unbranched alkanes of at least 4 members (excludes halogenated alkanes) is 1. The van der Waals surface area contributed by atoms with Gasteiger partial charge in [0, 0.05) is 13.0 Å². The number of aliphatic imine (C=N–C) groups is 1. The van der Waals surface area contributed by atoms with Gasteiger partial charge in [-0.1, -0.05) is 0 Å². The zero-order valence-corrected chi connectivity index (χ0v) is 22.6. The van der Waals surface area contributed by atoms with Crippen LogP contribution in [-0.2, 0) is 24.0 Å². The third kappa shape index (κ3) is 15.9. The highest BCUT2D eigenvalue weighted by molar-refractivity contribution is 7.98. The van der Waals surface area contributed by atoms with Crippen LogP contribution in [0.15, 0.2) is 4.99 Å². The summed E-state index contributed by atoms with van der Waals surface area (Å²) in [6, 6.07) is -4.45. The Bertz CT molecular complexity index is 810. The minimum atomic E-state index is -1.28. The van der Waals surface area contributed by atoms with Crippen molar-refractivity contribution >= 4 is 47.3 Å². The Morgan fingerprint density at radius 1 is 0.816 bits per heavy atom. The van der Waals surface area contributed by atoms with E-state index >= 15 is 0 Å². The summed E-state index contributed by atoms with van der Waals surface area (Å²) in [6.45, 7) is 0.560. The summed E-state index contributed by atoms with van der Waals surface area (Å²) < 4.78 is 0. The average Bonchev–Trinajstić information content (AvgIpc) is 2.85. The van der Waals surface area contributed by atoms with E-state index in [0.29, 0.717) is 38.0 Å². The maximum Gasteiger partial charge on any atom is 0.326 e. The minimum Gasteiger partial charge on any atom is -0.480 e. The Kier molecular flexibility index (Phi) is 18.3. The first-order valence-corrected chi connectivity index (χ1v) is 13.7. The van der Waals surface area contributed by atoms with Crippen LogP contribution in [0.4, 0.5) is 0 Å². The van der Waals surface area contributed by atoms with Crippen LogP contribution in [0.2, 0.25) is 0 Å². The van der Waals surface area contributed by atoms with E-state index in [1.165, 1.54) is 11.8 Å². The first kappa shape index (κ1) is 34.9. The van der Waals surface area contributed by atoms with Crippen LogP contribution in [0.5, 0.6) is 0 Å². The topological polar surface area (TPSA) is 284 Å². The molecule has 0 bridgehead atoms. The van der Waals surface area contributed by atoms with Crippen LogP contribution in [0.3, 0.4) is 0 Å². The van der Waals surface area contributed by atoms with E-state index in [9.17, 15) is 29.1 Å². The summed E-state index contributed by atoms with van der Waals surface area (Å²) in [4.78, 5) is 65.5. The smallest absolute Gasteiger partial charge is 0.326 e. The van der Waals surface area contributed by atoms with Crippen LogP contribution in [-0.4, -0.2) is 89.9 Å². The molecule has 0 aliphatic carbocycles. The number of nitrogens with two attached hydrogens (primary N) is 5. The number of primary amides is 1. The zero-order valence-electron chi connectivity index (χ0n) is 21.8. The molecule has 0 heterocycles. The number of rotatable bonds is 21. The molecule has 0 aromatic heterocycles. The van der Waals surface area contributed by atoms with Gasteiger partial charge in [0.15, 0.2) is 5.96 Å². The van der Waals surface area contributed by atoms with Gasteiger partial charge in [0.05, 0.1) is 6.04 Å². The molecule has 0 radical (unpaired) electrons. The van der Waals surface area contributed by atoms with Crippen LogP contribution in [0.1, 0.15) is 51.4 Å². The molecule has 218 valence electrons. The van der Waals surface area contributed by atoms with Gasteiger partial charge in [-0.05, 0) is 63.5 Å². The van der Waals surface area contributed by atoms with Crippen LogP contribution < -0.4 is 44.6 Å². The molecular formula is C22H43N9O6S. The SMILES string of the molecule is CSCCC(N)C(=O)NC(CCCN=C(N)N)C(=O)NC(CCC(N)=O)C(=O)NC(CCCCN)C(=O)O. The van der Waals surface area contributed by atoms with Gasteiger partial charge >= 0.3 is 5.97 Å². The molecule has 0 aliphatic heterocycles. The Morgan fingerprint density at radius 2 is 1.37 bits per heavy atom. The second-order valence-electron chi connectivity index (χ2n) is 8.65. The largest absolute Gasteiger partial charge is 0.480 e. The lowest BCUT2D eigenvalue weighted by Gasteiger charge is -2.25. The maximum absolute atomic E-state index is 13.2. The second kappa shape index (κ2) is 19.9. The number of guanidine groups is 1. The number of carbonyl (C=O) groups is 5. The van der Waals surface area contributed by atoms with E-state index < -0.39 is 53.8 Å². The van der Waals surface area contributed by atoms with E-state index in [1.54, 1.807) is 0 Å². The highest BCUT2D eigenvalue weighted by atomic mass is 32.2. The number of hydrogen-bond acceptors (Lipinski definition) is 9. The van der Waals surface area contributed by atoms with Crippen LogP contribution in [0.25, 0.3) is 0 Å². The molecule has 0 aromatic carbocycles. The minimum absolute atomic E-state index is 0.116. The first-order chi connectivity index (χ1) is 17.9. The van der Waals surface area contributed by atoms with Gasteiger partial charge in [-0.25, -0.2) is 4.79 Å². The van der Waals surface area contributed by atoms with Crippen molar-refractivity contribution in [3.8, 4) is 0 Å². The summed E-state index contributed by atoms with van der Waals surface area (Å²) in [5.74, 6) is -3.53. The third-order valence-corrected chi connectivity index (χ3v) is 6.07. The van der Waals surface area contributed by atoms with Crippen molar-refractivity contribution in [1.29, 1.82) is 0 Å². The molecule has 0 saturated heterocycles. The van der Waals surface area contributed by atoms with Crippen molar-refractivity contribution < 1.29 is 29.1 Å². The fourth-order valence-corrected chi connectivity index (χ4v) is 3.77. The van der Waals surface area contributed by atoms with E-state index in [4.69, 9.17) is 28.7 Å². The van der Waals surface area contributed by atoms with E-state index in [0.717, 1.165) is 0 Å². The number of nitrogens with one attached hydrogen (secondary N) is 3. The van der Waals surface area contributed by atoms with Gasteiger partial charge in [-0.2, -0.15) is 11.8 Å². The number of nitrogens with zero attached hydrogens (tertiary/aromatic N) is 1. The van der Waals surface area contributed by atoms with Crippen molar-refractivity contribution in [2.45, 2.75) is 75.5 Å². The number of aliphatic carboxylic acids is 1. The van der Waals surface area contributed by atoms with Crippen molar-refractivity contribution in [3.05, 3.63) is 0 Å². The van der Waals surface area contributed by atoms with Crippen molar-refractivity contribution in [3.63, 3.8) is 0 Å². The molecule has 14 N–H and O–H groups in total. The molecule has 0 saturated carbocycles. The average molecular weight is 562 g/mol. The van der Waals surface area contributed by atoms with Gasteiger partial charge < -0.3 is 49.7 Å². The summed E-state index contributed by atoms with van der Waals surface area (Å²) >= 11 is 1.52. The van der Waals surface area contributed by atoms with Gasteiger partial charge in [-0.15, -0.1) is 0 Å². The summed E-state index contributed by atoms with van der Waals surface area (Å²) in [6.07, 6.45) is 3.44. The predicted molar refractivity (Wildman–Crippen MR) is 146 cm³/mol. The molecule has 38 heavy (non-hydrogen) atoms. The van der Waals surface area contributed by atoms with Gasteiger partial charge in [0.2, 0.25) is 23.6 Å². The quantitative estimate of drug-likeness (QED) is 0.0388. The lowest BCUT2D eigenvalue weighted by Crippen LogP contribution is -2.57. The second-order valence-corrected chi connectivity index (χ2v) is 9.63. The van der Waals surface area contributed by atoms with Gasteiger partial charge in [0.25, 0.3) is 0 Å². The van der Waals surface area contributed by atoms with E-state index in [1.807, 2.05) is 6.26 Å². The molecule has 0 fully saturated rings. The first-order valence-electron chi connectivity index (χ1n) is 12.3. The summed E-state index contributed by atoms with van der Waals surface area (Å²) in [5.41, 5.74) is 27.2. The molecular weight excluding hydrogens is 518 g/mol. The number of carbonyl (C=O) groups excluding carboxylic acids is 4. The zero-order chi connectivity index (χ0) is 29.1. The lowest BCUT2D eigenvalue weighted by atomic mass is 10.0. The van der Waals surface area contributed by atoms with Crippen LogP contribution >= 0.6 is 11.8 Å². The standard InChI is InChI=1S/C22H43N9O6S/c1-38-12-9-13(24)18(33)29-14(6-4-11-28-22(26)27)19(34)30-15(7-8-17(25)32)20(35)31-16(21(36)37)5-2-3-10-23/h13-16H,2-12,23-24H2,1H3,(H2,25,32)(H,29,33)(H,30,34)(H,31,35)(H,36,37)(H4,26,27,28). The third-order valence-electron chi connectivity index (χ3n) is 5.42. The normalized spacial score (nSPS) is 13.9. The molecule has 15 nitrogen and oxygen atoms in total. The van der Waals surface area contributed by atoms with Crippen molar-refractivity contribution in [2.75, 3.05) is 25.1 Å².